The van der Waals surface area contributed by atoms with Gasteiger partial charge < -0.3 is 0 Å². The summed E-state index contributed by atoms with van der Waals surface area (Å²) < 4.78 is 0. The number of fused-ring (bicyclic) bond motifs is 2. The summed E-state index contributed by atoms with van der Waals surface area (Å²) in [5.74, 6) is 0. The van der Waals surface area contributed by atoms with Crippen molar-refractivity contribution in [2.75, 3.05) is 0 Å². The molecule has 4 aromatic rings. The van der Waals surface area contributed by atoms with Gasteiger partial charge in [0.1, 0.15) is 0 Å². The van der Waals surface area contributed by atoms with Gasteiger partial charge in [0.25, 0.3) is 0 Å². The molecule has 0 aliphatic heterocycles. The lowest BCUT2D eigenvalue weighted by atomic mass is 10.1. The van der Waals surface area contributed by atoms with E-state index in [1.165, 1.54) is 32.7 Å². The van der Waals surface area contributed by atoms with Gasteiger partial charge in [-0.15, -0.1) is 0 Å². The second kappa shape index (κ2) is 11.9. The first-order valence-electron chi connectivity index (χ1n) is 9.63. The Balaban J connectivity index is 0.000000221. The molecule has 26 heavy (non-hydrogen) atoms. The predicted molar refractivity (Wildman–Crippen MR) is 120 cm³/mol. The molecule has 0 saturated carbocycles. The van der Waals surface area contributed by atoms with Crippen LogP contribution in [0.5, 0.6) is 0 Å². The summed E-state index contributed by atoms with van der Waals surface area (Å²) in [6.45, 7) is 12.3. The molecule has 0 fully saturated rings. The maximum absolute atomic E-state index is 2.22. The average molecular weight is 345 g/mol. The van der Waals surface area contributed by atoms with Crippen LogP contribution in [0.4, 0.5) is 0 Å². The van der Waals surface area contributed by atoms with Crippen molar-refractivity contribution in [3.63, 3.8) is 0 Å². The van der Waals surface area contributed by atoms with E-state index in [0.717, 1.165) is 0 Å². The summed E-state index contributed by atoms with van der Waals surface area (Å²) >= 11 is 0. The van der Waals surface area contributed by atoms with E-state index in [-0.39, 0.29) is 0 Å². The van der Waals surface area contributed by atoms with Crippen LogP contribution in [0.25, 0.3) is 21.5 Å². The molecule has 0 aromatic heterocycles. The van der Waals surface area contributed by atoms with Crippen LogP contribution in [0.1, 0.15) is 38.8 Å². The molecule has 4 aromatic carbocycles. The summed E-state index contributed by atoms with van der Waals surface area (Å²) in [5.41, 5.74) is 2.65. The first kappa shape index (κ1) is 21.4. The largest absolute Gasteiger partial charge is 0.0683 e. The summed E-state index contributed by atoms with van der Waals surface area (Å²) in [6, 6.07) is 29.8. The van der Waals surface area contributed by atoms with Crippen molar-refractivity contribution < 1.29 is 0 Å². The van der Waals surface area contributed by atoms with Crippen LogP contribution in [0.2, 0.25) is 0 Å². The zero-order valence-electron chi connectivity index (χ0n) is 17.1. The Morgan fingerprint density at radius 2 is 0.692 bits per heavy atom. The van der Waals surface area contributed by atoms with E-state index in [1.54, 1.807) is 0 Å². The third-order valence-electron chi connectivity index (χ3n) is 3.81. The molecule has 0 bridgehead atoms. The molecule has 4 rings (SSSR count). The number of benzene rings is 4. The molecular formula is C26H32. The number of hydrogen-bond donors (Lipinski definition) is 0. The van der Waals surface area contributed by atoms with Crippen molar-refractivity contribution in [2.45, 2.75) is 41.5 Å². The van der Waals surface area contributed by atoms with Gasteiger partial charge in [0.2, 0.25) is 0 Å². The van der Waals surface area contributed by atoms with Crippen molar-refractivity contribution in [3.8, 4) is 0 Å². The molecule has 0 heteroatoms. The van der Waals surface area contributed by atoms with E-state index < -0.39 is 0 Å². The van der Waals surface area contributed by atoms with E-state index >= 15 is 0 Å². The van der Waals surface area contributed by atoms with E-state index in [9.17, 15) is 0 Å². The van der Waals surface area contributed by atoms with Crippen LogP contribution < -0.4 is 0 Å². The zero-order valence-corrected chi connectivity index (χ0v) is 17.1. The maximum atomic E-state index is 2.22. The highest BCUT2D eigenvalue weighted by Gasteiger charge is 1.92. The Kier molecular flexibility index (Phi) is 9.79. The molecule has 0 heterocycles. The molecule has 0 aliphatic carbocycles. The molecule has 0 amide bonds. The second-order valence-corrected chi connectivity index (χ2v) is 5.70. The van der Waals surface area contributed by atoms with E-state index in [1.807, 2.05) is 27.7 Å². The van der Waals surface area contributed by atoms with E-state index in [0.29, 0.717) is 0 Å². The third-order valence-corrected chi connectivity index (χ3v) is 3.81. The van der Waals surface area contributed by atoms with Crippen molar-refractivity contribution in [2.24, 2.45) is 0 Å². The van der Waals surface area contributed by atoms with Crippen molar-refractivity contribution in [1.29, 1.82) is 0 Å². The minimum Gasteiger partial charge on any atom is -0.0683 e. The molecule has 0 atom stereocenters. The van der Waals surface area contributed by atoms with E-state index in [4.69, 9.17) is 0 Å². The Bertz CT molecular complexity index is 801. The smallest absolute Gasteiger partial charge is 0.0179 e. The highest BCUT2D eigenvalue weighted by molar-refractivity contribution is 5.83. The fourth-order valence-electron chi connectivity index (χ4n) is 2.62. The van der Waals surface area contributed by atoms with Gasteiger partial charge in [-0.1, -0.05) is 124 Å². The van der Waals surface area contributed by atoms with Gasteiger partial charge in [-0.05, 0) is 35.4 Å². The number of hydrogen-bond acceptors (Lipinski definition) is 0. The Morgan fingerprint density at radius 3 is 1.04 bits per heavy atom. The zero-order chi connectivity index (χ0) is 19.4. The standard InChI is InChI=1S/C12H12.C10H8.2C2H6/c1-9-3-5-11-6-4-10(2)8-12(11)7-9;1-2-6-10-8-4-3-7-9(10)5-1;2*1-2/h3-8H,1-2H3;1-8H;2*1-2H3. The summed E-state index contributed by atoms with van der Waals surface area (Å²) in [5, 5.41) is 5.29. The monoisotopic (exact) mass is 344 g/mol. The van der Waals surface area contributed by atoms with Crippen LogP contribution in [-0.2, 0) is 0 Å². The fourth-order valence-corrected chi connectivity index (χ4v) is 2.62. The molecule has 0 spiro atoms. The van der Waals surface area contributed by atoms with E-state index in [2.05, 4.69) is 98.8 Å². The normalized spacial score (nSPS) is 9.15. The Morgan fingerprint density at radius 1 is 0.385 bits per heavy atom. The summed E-state index contributed by atoms with van der Waals surface area (Å²) in [4.78, 5) is 0. The van der Waals surface area contributed by atoms with Gasteiger partial charge >= 0.3 is 0 Å². The van der Waals surface area contributed by atoms with Crippen molar-refractivity contribution in [1.82, 2.24) is 0 Å². The third kappa shape index (κ3) is 6.37. The SMILES string of the molecule is CC.CC.Cc1ccc2ccc(C)cc2c1.c1ccc2ccccc2c1. The van der Waals surface area contributed by atoms with Gasteiger partial charge in [-0.25, -0.2) is 0 Å². The quantitative estimate of drug-likeness (QED) is 0.300. The molecule has 0 radical (unpaired) electrons. The Hall–Kier alpha value is -2.60. The van der Waals surface area contributed by atoms with Crippen molar-refractivity contribution >= 4 is 21.5 Å². The lowest BCUT2D eigenvalue weighted by Gasteiger charge is -1.99. The molecule has 0 aliphatic rings. The van der Waals surface area contributed by atoms with Crippen molar-refractivity contribution in [3.05, 3.63) is 96.1 Å². The molecule has 0 saturated heterocycles. The van der Waals surface area contributed by atoms with Gasteiger partial charge in [0.15, 0.2) is 0 Å². The highest BCUT2D eigenvalue weighted by Crippen LogP contribution is 2.16. The lowest BCUT2D eigenvalue weighted by molar-refractivity contribution is 1.47. The summed E-state index contributed by atoms with van der Waals surface area (Å²) in [7, 11) is 0. The Labute approximate surface area is 159 Å². The lowest BCUT2D eigenvalue weighted by Crippen LogP contribution is -1.76. The number of aryl methyl sites for hydroxylation is 2. The van der Waals surface area contributed by atoms with Crippen LogP contribution in [0, 0.1) is 13.8 Å². The topological polar surface area (TPSA) is 0 Å². The van der Waals surface area contributed by atoms with Gasteiger partial charge in [-0.2, -0.15) is 0 Å². The molecule has 0 unspecified atom stereocenters. The minimum absolute atomic E-state index is 1.31. The molecular weight excluding hydrogens is 312 g/mol. The molecule has 0 N–H and O–H groups in total. The van der Waals surface area contributed by atoms with Gasteiger partial charge in [-0.3, -0.25) is 0 Å². The van der Waals surface area contributed by atoms with Crippen LogP contribution in [0.3, 0.4) is 0 Å². The predicted octanol–water partition coefficient (Wildman–Crippen LogP) is 8.35. The fraction of sp³-hybridized carbons (Fsp3) is 0.231. The summed E-state index contributed by atoms with van der Waals surface area (Å²) in [6.07, 6.45) is 0. The molecule has 136 valence electrons. The first-order valence-corrected chi connectivity index (χ1v) is 9.63. The van der Waals surface area contributed by atoms with Crippen LogP contribution >= 0.6 is 0 Å². The highest BCUT2D eigenvalue weighted by atomic mass is 14.0. The first-order chi connectivity index (χ1) is 12.7. The average Bonchev–Trinajstić information content (AvgIpc) is 2.71. The number of rotatable bonds is 0. The van der Waals surface area contributed by atoms with Crippen LogP contribution in [-0.4, -0.2) is 0 Å². The maximum Gasteiger partial charge on any atom is -0.0179 e. The second-order valence-electron chi connectivity index (χ2n) is 5.70. The molecule has 0 nitrogen and oxygen atoms in total. The minimum atomic E-state index is 1.31. The van der Waals surface area contributed by atoms with Gasteiger partial charge in [0, 0.05) is 0 Å². The van der Waals surface area contributed by atoms with Crippen LogP contribution in [0.15, 0.2) is 84.9 Å². The van der Waals surface area contributed by atoms with Gasteiger partial charge in [0.05, 0.1) is 0 Å².